The Bertz CT molecular complexity index is 942. The zero-order valence-corrected chi connectivity index (χ0v) is 15.1. The number of fused-ring (bicyclic) bond motifs is 2. The molecule has 2 heterocycles. The van der Waals surface area contributed by atoms with Crippen LogP contribution in [0.3, 0.4) is 0 Å². The third-order valence-corrected chi connectivity index (χ3v) is 6.05. The van der Waals surface area contributed by atoms with Gasteiger partial charge in [-0.05, 0) is 64.7 Å². The highest BCUT2D eigenvalue weighted by Gasteiger charge is 2.39. The van der Waals surface area contributed by atoms with Crippen molar-refractivity contribution >= 4 is 50.5 Å². The predicted molar refractivity (Wildman–Crippen MR) is 95.6 cm³/mol. The van der Waals surface area contributed by atoms with Crippen LogP contribution in [-0.2, 0) is 6.18 Å². The van der Waals surface area contributed by atoms with Crippen molar-refractivity contribution in [3.63, 3.8) is 0 Å². The maximum Gasteiger partial charge on any atom is 0.416 e. The van der Waals surface area contributed by atoms with Crippen LogP contribution in [-0.4, -0.2) is 11.5 Å². The quantitative estimate of drug-likeness (QED) is 0.527. The Morgan fingerprint density at radius 3 is 2.76 bits per heavy atom. The van der Waals surface area contributed by atoms with Crippen molar-refractivity contribution in [3.05, 3.63) is 55.7 Å². The minimum atomic E-state index is -4.45. The molecule has 0 amide bonds. The molecule has 1 aromatic carbocycles. The first-order valence-corrected chi connectivity index (χ1v) is 9.29. The molecule has 1 saturated carbocycles. The highest BCUT2D eigenvalue weighted by molar-refractivity contribution is 9.10. The Morgan fingerprint density at radius 1 is 1.28 bits per heavy atom. The first kappa shape index (κ1) is 16.7. The topological polar surface area (TPSA) is 29.4 Å². The molecule has 0 radical (unpaired) electrons. The molecule has 2 nitrogen and oxygen atoms in total. The molecule has 0 spiro atoms. The van der Waals surface area contributed by atoms with Crippen molar-refractivity contribution in [1.82, 2.24) is 0 Å². The van der Waals surface area contributed by atoms with Gasteiger partial charge in [0.1, 0.15) is 0 Å². The van der Waals surface area contributed by atoms with Gasteiger partial charge in [-0.2, -0.15) is 13.2 Å². The van der Waals surface area contributed by atoms with Crippen LogP contribution in [0.1, 0.15) is 33.6 Å². The monoisotopic (exact) mass is 425 g/mol. The second-order valence-corrected chi connectivity index (χ2v) is 7.88. The lowest BCUT2D eigenvalue weighted by molar-refractivity contribution is -0.137. The summed E-state index contributed by atoms with van der Waals surface area (Å²) in [5, 5.41) is 1.96. The largest absolute Gasteiger partial charge is 0.416 e. The molecule has 1 aliphatic heterocycles. The highest BCUT2D eigenvalue weighted by atomic mass is 79.9. The number of aliphatic imine (C=N–C) groups is 1. The van der Waals surface area contributed by atoms with E-state index in [2.05, 4.69) is 20.9 Å². The molecule has 1 unspecified atom stereocenters. The smallest absolute Gasteiger partial charge is 0.293 e. The van der Waals surface area contributed by atoms with E-state index >= 15 is 0 Å². The summed E-state index contributed by atoms with van der Waals surface area (Å²) in [6.45, 7) is 0. The van der Waals surface area contributed by atoms with Gasteiger partial charge < -0.3 is 0 Å². The number of nitrogens with zero attached hydrogens (tertiary/aromatic N) is 1. The van der Waals surface area contributed by atoms with E-state index in [0.29, 0.717) is 18.6 Å². The molecule has 1 atom stereocenters. The van der Waals surface area contributed by atoms with Crippen LogP contribution in [0.5, 0.6) is 0 Å². The number of thiophene rings is 1. The summed E-state index contributed by atoms with van der Waals surface area (Å²) in [6.07, 6.45) is -1.13. The van der Waals surface area contributed by atoms with Crippen molar-refractivity contribution in [2.75, 3.05) is 0 Å². The van der Waals surface area contributed by atoms with Crippen molar-refractivity contribution in [2.24, 2.45) is 10.9 Å². The second kappa shape index (κ2) is 5.92. The molecule has 0 saturated heterocycles. The summed E-state index contributed by atoms with van der Waals surface area (Å²) in [6, 6.07) is 5.13. The average Bonchev–Trinajstić information content (AvgIpc) is 3.13. The maximum atomic E-state index is 12.9. The molecule has 7 heteroatoms. The standard InChI is InChI=1S/C18H11BrF3NOS/c19-11-7-12(25-8-11)5-9-1-3-14-16(9)23-15-6-10(18(20,21)22)2-4-13(15)17(14)24/h2,4-8,14H,1,3H2/b9-5+. The number of carbonyl (C=O) groups excluding carboxylic acids is 1. The van der Waals surface area contributed by atoms with Crippen LogP contribution < -0.4 is 0 Å². The molecule has 2 aliphatic rings. The molecule has 4 rings (SSSR count). The van der Waals surface area contributed by atoms with Crippen LogP contribution in [0.4, 0.5) is 18.9 Å². The van der Waals surface area contributed by atoms with Crippen molar-refractivity contribution in [2.45, 2.75) is 19.0 Å². The summed E-state index contributed by atoms with van der Waals surface area (Å²) < 4.78 is 39.8. The van der Waals surface area contributed by atoms with Gasteiger partial charge in [-0.3, -0.25) is 9.79 Å². The van der Waals surface area contributed by atoms with E-state index in [1.165, 1.54) is 6.07 Å². The lowest BCUT2D eigenvalue weighted by atomic mass is 9.89. The Balaban J connectivity index is 1.79. The lowest BCUT2D eigenvalue weighted by Gasteiger charge is -2.19. The van der Waals surface area contributed by atoms with E-state index < -0.39 is 11.7 Å². The number of hydrogen-bond donors (Lipinski definition) is 0. The van der Waals surface area contributed by atoms with E-state index in [0.717, 1.165) is 27.1 Å². The van der Waals surface area contributed by atoms with Crippen molar-refractivity contribution in [1.29, 1.82) is 0 Å². The van der Waals surface area contributed by atoms with Crippen LogP contribution in [0.25, 0.3) is 6.08 Å². The molecule has 25 heavy (non-hydrogen) atoms. The molecule has 0 bridgehead atoms. The molecular formula is C18H11BrF3NOS. The van der Waals surface area contributed by atoms with Crippen LogP contribution in [0.2, 0.25) is 0 Å². The molecular weight excluding hydrogens is 415 g/mol. The number of carbonyl (C=O) groups is 1. The summed E-state index contributed by atoms with van der Waals surface area (Å²) in [5.74, 6) is -0.483. The van der Waals surface area contributed by atoms with E-state index in [1.807, 2.05) is 17.5 Å². The number of rotatable bonds is 1. The molecule has 2 aromatic rings. The lowest BCUT2D eigenvalue weighted by Crippen LogP contribution is -2.23. The van der Waals surface area contributed by atoms with E-state index in [1.54, 1.807) is 11.3 Å². The van der Waals surface area contributed by atoms with E-state index in [9.17, 15) is 18.0 Å². The van der Waals surface area contributed by atoms with Gasteiger partial charge >= 0.3 is 6.18 Å². The van der Waals surface area contributed by atoms with Crippen LogP contribution >= 0.6 is 27.3 Å². The third-order valence-electron chi connectivity index (χ3n) is 4.41. The number of hydrogen-bond acceptors (Lipinski definition) is 3. The van der Waals surface area contributed by atoms with Crippen LogP contribution in [0, 0.1) is 5.92 Å². The number of halogens is 4. The predicted octanol–water partition coefficient (Wildman–Crippen LogP) is 6.29. The first-order chi connectivity index (χ1) is 11.8. The van der Waals surface area contributed by atoms with Crippen molar-refractivity contribution < 1.29 is 18.0 Å². The minimum absolute atomic E-state index is 0.117. The Morgan fingerprint density at radius 2 is 2.08 bits per heavy atom. The number of allylic oxidation sites excluding steroid dienone is 1. The van der Waals surface area contributed by atoms with E-state index in [4.69, 9.17) is 0 Å². The van der Waals surface area contributed by atoms with Gasteiger partial charge in [-0.25, -0.2) is 0 Å². The van der Waals surface area contributed by atoms with Crippen molar-refractivity contribution in [3.8, 4) is 0 Å². The maximum absolute atomic E-state index is 12.9. The van der Waals surface area contributed by atoms with E-state index in [-0.39, 0.29) is 23.0 Å². The highest BCUT2D eigenvalue weighted by Crippen LogP contribution is 2.42. The zero-order valence-electron chi connectivity index (χ0n) is 12.7. The average molecular weight is 426 g/mol. The summed E-state index contributed by atoms with van der Waals surface area (Å²) in [5.41, 5.74) is 1.15. The van der Waals surface area contributed by atoms with Gasteiger partial charge in [-0.1, -0.05) is 0 Å². The fraction of sp³-hybridized carbons (Fsp3) is 0.222. The summed E-state index contributed by atoms with van der Waals surface area (Å²) in [4.78, 5) is 18.1. The number of benzene rings is 1. The molecule has 0 N–H and O–H groups in total. The SMILES string of the molecule is O=C1c2ccc(C(F)(F)F)cc2N=C2/C(=C/c3cc(Br)cs3)CCC12. The van der Waals surface area contributed by atoms with Gasteiger partial charge in [0.05, 0.1) is 22.9 Å². The Hall–Kier alpha value is -1.73. The second-order valence-electron chi connectivity index (χ2n) is 6.02. The molecule has 128 valence electrons. The minimum Gasteiger partial charge on any atom is -0.293 e. The van der Waals surface area contributed by atoms with Gasteiger partial charge in [0.2, 0.25) is 0 Å². The summed E-state index contributed by atoms with van der Waals surface area (Å²) in [7, 11) is 0. The first-order valence-electron chi connectivity index (χ1n) is 7.62. The molecule has 1 fully saturated rings. The summed E-state index contributed by atoms with van der Waals surface area (Å²) >= 11 is 4.95. The van der Waals surface area contributed by atoms with Gasteiger partial charge in [0, 0.05) is 20.3 Å². The number of alkyl halides is 3. The normalized spacial score (nSPS) is 21.3. The number of ketones is 1. The van der Waals surface area contributed by atoms with Gasteiger partial charge in [0.25, 0.3) is 0 Å². The number of Topliss-reactive ketones (excluding diaryl/α,β-unsaturated/α-hetero) is 1. The third kappa shape index (κ3) is 3.00. The zero-order chi connectivity index (χ0) is 17.8. The fourth-order valence-electron chi connectivity index (χ4n) is 3.24. The van der Waals surface area contributed by atoms with Crippen LogP contribution in [0.15, 0.2) is 44.7 Å². The Kier molecular flexibility index (Phi) is 3.96. The molecule has 1 aliphatic carbocycles. The van der Waals surface area contributed by atoms with Gasteiger partial charge in [0.15, 0.2) is 5.78 Å². The fourth-order valence-corrected chi connectivity index (χ4v) is 4.64. The van der Waals surface area contributed by atoms with Gasteiger partial charge in [-0.15, -0.1) is 11.3 Å². The molecule has 1 aromatic heterocycles. The Labute approximate surface area is 154 Å².